The number of benzene rings is 1. The summed E-state index contributed by atoms with van der Waals surface area (Å²) in [5.74, 6) is -1.41. The highest BCUT2D eigenvalue weighted by Gasteiger charge is 2.33. The van der Waals surface area contributed by atoms with Gasteiger partial charge in [-0.2, -0.15) is 0 Å². The topological polar surface area (TPSA) is 29.3 Å². The molecule has 4 heteroatoms. The lowest BCUT2D eigenvalue weighted by molar-refractivity contribution is 0.518. The zero-order valence-corrected chi connectivity index (χ0v) is 9.43. The third-order valence-electron chi connectivity index (χ3n) is 3.06. The Morgan fingerprint density at radius 2 is 1.81 bits per heavy atom. The maximum absolute atomic E-state index is 13.3. The molecule has 16 heavy (non-hydrogen) atoms. The van der Waals surface area contributed by atoms with Gasteiger partial charge in [-0.05, 0) is 38.8 Å². The minimum absolute atomic E-state index is 0.102. The van der Waals surface area contributed by atoms with Crippen LogP contribution in [0.3, 0.4) is 0 Å². The molecule has 1 aliphatic heterocycles. The van der Waals surface area contributed by atoms with E-state index in [0.717, 1.165) is 12.8 Å². The van der Waals surface area contributed by atoms with E-state index in [1.807, 2.05) is 25.3 Å². The fourth-order valence-electron chi connectivity index (χ4n) is 2.08. The second-order valence-corrected chi connectivity index (χ2v) is 4.73. The van der Waals surface area contributed by atoms with Crippen molar-refractivity contribution in [3.63, 3.8) is 0 Å². The van der Waals surface area contributed by atoms with E-state index >= 15 is 0 Å². The lowest BCUT2D eigenvalue weighted by Crippen LogP contribution is -2.36. The molecule has 87 valence electrons. The predicted octanol–water partition coefficient (Wildman–Crippen LogP) is 3.09. The van der Waals surface area contributed by atoms with E-state index in [9.17, 15) is 8.78 Å². The molecule has 1 saturated heterocycles. The first-order valence-electron chi connectivity index (χ1n) is 5.29. The van der Waals surface area contributed by atoms with Crippen molar-refractivity contribution in [2.45, 2.75) is 32.2 Å². The van der Waals surface area contributed by atoms with Crippen LogP contribution in [0.1, 0.15) is 26.7 Å². The van der Waals surface area contributed by atoms with Gasteiger partial charge in [0.1, 0.15) is 5.69 Å². The van der Waals surface area contributed by atoms with Crippen molar-refractivity contribution in [2.75, 3.05) is 10.6 Å². The van der Waals surface area contributed by atoms with Crippen LogP contribution in [0.2, 0.25) is 0 Å². The molecule has 0 aliphatic carbocycles. The van der Waals surface area contributed by atoms with Gasteiger partial charge in [-0.3, -0.25) is 0 Å². The van der Waals surface area contributed by atoms with E-state index < -0.39 is 17.3 Å². The molecule has 1 aromatic carbocycles. The van der Waals surface area contributed by atoms with Crippen LogP contribution in [-0.2, 0) is 0 Å². The number of anilines is 2. The minimum atomic E-state index is -0.703. The van der Waals surface area contributed by atoms with E-state index in [1.54, 1.807) is 0 Å². The van der Waals surface area contributed by atoms with Crippen molar-refractivity contribution in [1.82, 2.24) is 0 Å². The van der Waals surface area contributed by atoms with Gasteiger partial charge in [0.25, 0.3) is 0 Å². The highest BCUT2D eigenvalue weighted by molar-refractivity contribution is 5.58. The fourth-order valence-corrected chi connectivity index (χ4v) is 2.08. The van der Waals surface area contributed by atoms with Gasteiger partial charge in [0, 0.05) is 17.8 Å². The van der Waals surface area contributed by atoms with Crippen LogP contribution < -0.4 is 10.6 Å². The number of nitrogen functional groups attached to an aromatic ring is 1. The minimum Gasteiger partial charge on any atom is -0.394 e. The molecule has 0 atom stereocenters. The lowest BCUT2D eigenvalue weighted by atomic mass is 10.0. The van der Waals surface area contributed by atoms with Crippen molar-refractivity contribution in [3.05, 3.63) is 30.3 Å². The number of nitrogens with two attached hydrogens (primary N) is 1. The molecule has 2 N–H and O–H groups in total. The molecule has 0 amide bonds. The smallest absolute Gasteiger partial charge is 0.151 e. The van der Waals surface area contributed by atoms with Crippen LogP contribution in [0.4, 0.5) is 20.2 Å². The van der Waals surface area contributed by atoms with Crippen molar-refractivity contribution in [3.8, 4) is 0 Å². The lowest BCUT2D eigenvalue weighted by Gasteiger charge is -2.33. The Balaban J connectivity index is 2.41. The summed E-state index contributed by atoms with van der Waals surface area (Å²) < 4.78 is 26.7. The average Bonchev–Trinajstić information content (AvgIpc) is 2.53. The normalized spacial score (nSPS) is 19.1. The van der Waals surface area contributed by atoms with Gasteiger partial charge in [-0.1, -0.05) is 0 Å². The Labute approximate surface area is 94.0 Å². The Morgan fingerprint density at radius 1 is 1.25 bits per heavy atom. The fraction of sp³-hybridized carbons (Fsp3) is 0.417. The van der Waals surface area contributed by atoms with Crippen LogP contribution in [0.5, 0.6) is 0 Å². The SMILES string of the molecule is CC1(C)CC[CH]N1c1cc(F)c(N)c(F)c1. The summed E-state index contributed by atoms with van der Waals surface area (Å²) in [5.41, 5.74) is 5.24. The van der Waals surface area contributed by atoms with Gasteiger partial charge in [0.2, 0.25) is 0 Å². The Morgan fingerprint density at radius 3 is 2.25 bits per heavy atom. The maximum Gasteiger partial charge on any atom is 0.151 e. The highest BCUT2D eigenvalue weighted by Crippen LogP contribution is 2.37. The second-order valence-electron chi connectivity index (χ2n) is 4.73. The molecule has 0 spiro atoms. The summed E-state index contributed by atoms with van der Waals surface area (Å²) in [6.07, 6.45) is 1.89. The zero-order chi connectivity index (χ0) is 11.9. The van der Waals surface area contributed by atoms with E-state index in [0.29, 0.717) is 5.69 Å². The van der Waals surface area contributed by atoms with Gasteiger partial charge < -0.3 is 10.6 Å². The second kappa shape index (κ2) is 3.61. The van der Waals surface area contributed by atoms with E-state index in [4.69, 9.17) is 5.73 Å². The summed E-state index contributed by atoms with van der Waals surface area (Å²) in [6, 6.07) is 2.56. The molecule has 1 fully saturated rings. The third kappa shape index (κ3) is 1.72. The molecule has 2 nitrogen and oxygen atoms in total. The summed E-state index contributed by atoms with van der Waals surface area (Å²) in [5, 5.41) is 0. The number of hydrogen-bond donors (Lipinski definition) is 1. The van der Waals surface area contributed by atoms with Gasteiger partial charge in [0.05, 0.1) is 0 Å². The molecule has 1 aromatic rings. The number of halogens is 2. The molecule has 0 unspecified atom stereocenters. The first-order valence-corrected chi connectivity index (χ1v) is 5.29. The first kappa shape index (κ1) is 11.2. The highest BCUT2D eigenvalue weighted by atomic mass is 19.1. The van der Waals surface area contributed by atoms with Crippen LogP contribution in [0, 0.1) is 18.2 Å². The van der Waals surface area contributed by atoms with Gasteiger partial charge >= 0.3 is 0 Å². The molecule has 2 rings (SSSR count). The van der Waals surface area contributed by atoms with Crippen molar-refractivity contribution >= 4 is 11.4 Å². The Kier molecular flexibility index (Phi) is 2.52. The van der Waals surface area contributed by atoms with Crippen LogP contribution in [-0.4, -0.2) is 5.54 Å². The van der Waals surface area contributed by atoms with Crippen LogP contribution in [0.15, 0.2) is 12.1 Å². The van der Waals surface area contributed by atoms with Gasteiger partial charge in [-0.15, -0.1) is 0 Å². The summed E-state index contributed by atoms with van der Waals surface area (Å²) in [7, 11) is 0. The predicted molar refractivity (Wildman–Crippen MR) is 60.9 cm³/mol. The molecule has 1 aliphatic rings. The summed E-state index contributed by atoms with van der Waals surface area (Å²) in [4.78, 5) is 1.90. The first-order chi connectivity index (χ1) is 7.42. The maximum atomic E-state index is 13.3. The molecular formula is C12H15F2N2. The summed E-state index contributed by atoms with van der Waals surface area (Å²) in [6.45, 7) is 6.05. The van der Waals surface area contributed by atoms with Gasteiger partial charge in [-0.25, -0.2) is 8.78 Å². The van der Waals surface area contributed by atoms with Crippen LogP contribution >= 0.6 is 0 Å². The number of rotatable bonds is 1. The van der Waals surface area contributed by atoms with Gasteiger partial charge in [0.15, 0.2) is 11.6 Å². The molecule has 0 bridgehead atoms. The third-order valence-corrected chi connectivity index (χ3v) is 3.06. The molecule has 0 saturated carbocycles. The van der Waals surface area contributed by atoms with E-state index in [2.05, 4.69) is 0 Å². The monoisotopic (exact) mass is 225 g/mol. The molecule has 0 aromatic heterocycles. The van der Waals surface area contributed by atoms with E-state index in [-0.39, 0.29) is 5.54 Å². The average molecular weight is 225 g/mol. The summed E-state index contributed by atoms with van der Waals surface area (Å²) >= 11 is 0. The molecular weight excluding hydrogens is 210 g/mol. The molecule has 1 heterocycles. The molecule has 1 radical (unpaired) electrons. The van der Waals surface area contributed by atoms with Crippen LogP contribution in [0.25, 0.3) is 0 Å². The Hall–Kier alpha value is -1.32. The zero-order valence-electron chi connectivity index (χ0n) is 9.43. The Bertz CT molecular complexity index is 392. The van der Waals surface area contributed by atoms with Crippen molar-refractivity contribution in [2.24, 2.45) is 0 Å². The number of nitrogens with zero attached hydrogens (tertiary/aromatic N) is 1. The number of hydrogen-bond acceptors (Lipinski definition) is 2. The standard InChI is InChI=1S/C12H15F2N2/c1-12(2)4-3-5-16(12)8-6-9(13)11(15)10(14)7-8/h5-7H,3-4,15H2,1-2H3. The van der Waals surface area contributed by atoms with Crippen molar-refractivity contribution < 1.29 is 8.78 Å². The largest absolute Gasteiger partial charge is 0.394 e. The van der Waals surface area contributed by atoms with E-state index in [1.165, 1.54) is 12.1 Å². The van der Waals surface area contributed by atoms with Crippen molar-refractivity contribution in [1.29, 1.82) is 0 Å². The quantitative estimate of drug-likeness (QED) is 0.744.